The molecule has 4 unspecified atom stereocenters. The number of ether oxygens (including phenoxy) is 2. The van der Waals surface area contributed by atoms with Gasteiger partial charge < -0.3 is 14.6 Å². The summed E-state index contributed by atoms with van der Waals surface area (Å²) in [7, 11) is 2.45. The van der Waals surface area contributed by atoms with E-state index < -0.39 is 34.6 Å². The number of hydrogen-bond donors (Lipinski definition) is 1. The minimum Gasteiger partial charge on any atom is -0.436 e. The van der Waals surface area contributed by atoms with Crippen LogP contribution in [0.1, 0.15) is 0 Å². The highest BCUT2D eigenvalue weighted by atomic mass is 31.1. The molecule has 1 heterocycles. The Hall–Kier alpha value is 0.170. The lowest BCUT2D eigenvalue weighted by Crippen LogP contribution is -2.58. The predicted molar refractivity (Wildman–Crippen MR) is 63.0 cm³/mol. The van der Waals surface area contributed by atoms with Crippen LogP contribution in [0, 0.1) is 0 Å². The lowest BCUT2D eigenvalue weighted by Gasteiger charge is -2.41. The van der Waals surface area contributed by atoms with Crippen LogP contribution in [-0.4, -0.2) is 34.0 Å². The van der Waals surface area contributed by atoms with Crippen molar-refractivity contribution in [2.24, 2.45) is 0 Å². The van der Waals surface area contributed by atoms with Crippen LogP contribution in [0.2, 0.25) is 0 Å². The van der Waals surface area contributed by atoms with E-state index >= 15 is 0 Å². The molecule has 0 bridgehead atoms. The fraction of sp³-hybridized carbons (Fsp3) is 0.714. The number of rotatable bonds is 4. The normalized spacial score (nSPS) is 21.8. The van der Waals surface area contributed by atoms with E-state index in [-0.39, 0.29) is 6.26 Å². The van der Waals surface area contributed by atoms with Crippen LogP contribution < -0.4 is 0 Å². The number of alkyl halides is 6. The standard InChI is InChI=1S/C7H9F6O3P3/c8-4(9,2-1-15-3(14)16-2)6(17,18)5(10,11)7(12,13)19/h1,3,14H,17-19H2. The molecule has 112 valence electrons. The Labute approximate surface area is 110 Å². The van der Waals surface area contributed by atoms with Gasteiger partial charge in [-0.1, -0.05) is 9.24 Å². The molecule has 0 radical (unpaired) electrons. The van der Waals surface area contributed by atoms with Crippen LogP contribution in [0.25, 0.3) is 0 Å². The molecule has 1 N–H and O–H groups in total. The van der Waals surface area contributed by atoms with E-state index in [0.29, 0.717) is 9.24 Å². The number of halogens is 6. The second kappa shape index (κ2) is 4.87. The summed E-state index contributed by atoms with van der Waals surface area (Å²) in [6, 6.07) is 0. The van der Waals surface area contributed by atoms with Crippen molar-refractivity contribution in [3.8, 4) is 0 Å². The van der Waals surface area contributed by atoms with Gasteiger partial charge in [0.1, 0.15) is 11.2 Å². The third kappa shape index (κ3) is 2.67. The highest BCUT2D eigenvalue weighted by molar-refractivity contribution is 7.40. The molecule has 12 heteroatoms. The van der Waals surface area contributed by atoms with Gasteiger partial charge in [-0.25, -0.2) is 0 Å². The van der Waals surface area contributed by atoms with Crippen molar-refractivity contribution in [2.45, 2.75) is 28.9 Å². The second-order valence-electron chi connectivity index (χ2n) is 3.68. The molecule has 0 aromatic rings. The largest absolute Gasteiger partial charge is 0.436 e. The van der Waals surface area contributed by atoms with Crippen molar-refractivity contribution in [3.05, 3.63) is 12.0 Å². The summed E-state index contributed by atoms with van der Waals surface area (Å²) >= 11 is 0. The first-order chi connectivity index (χ1) is 8.25. The van der Waals surface area contributed by atoms with Crippen molar-refractivity contribution < 1.29 is 40.9 Å². The van der Waals surface area contributed by atoms with E-state index in [9.17, 15) is 26.3 Å². The van der Waals surface area contributed by atoms with Crippen LogP contribution in [0.15, 0.2) is 12.0 Å². The van der Waals surface area contributed by atoms with Gasteiger partial charge in [0, 0.05) is 0 Å². The number of allylic oxidation sites excluding steroid dienone is 1. The molecule has 0 fully saturated rings. The maximum atomic E-state index is 13.9. The van der Waals surface area contributed by atoms with Crippen LogP contribution in [0.5, 0.6) is 0 Å². The summed E-state index contributed by atoms with van der Waals surface area (Å²) in [5, 5.41) is 8.71. The minimum absolute atomic E-state index is 0.185. The molecule has 0 aromatic carbocycles. The maximum absolute atomic E-state index is 13.9. The average Bonchev–Trinajstić information content (AvgIpc) is 2.63. The molecular formula is C7H9F6O3P3. The highest BCUT2D eigenvalue weighted by Crippen LogP contribution is 2.61. The van der Waals surface area contributed by atoms with E-state index in [1.54, 1.807) is 0 Å². The Morgan fingerprint density at radius 1 is 1.05 bits per heavy atom. The molecule has 0 aliphatic carbocycles. The molecular weight excluding hydrogens is 339 g/mol. The molecule has 0 saturated heterocycles. The molecule has 19 heavy (non-hydrogen) atoms. The SMILES string of the molecule is OC1OC=C(C(F)(F)C(P)(P)C(F)(F)C(F)(F)P)O1. The lowest BCUT2D eigenvalue weighted by atomic mass is 10.1. The van der Waals surface area contributed by atoms with Gasteiger partial charge in [0.25, 0.3) is 0 Å². The van der Waals surface area contributed by atoms with Gasteiger partial charge in [-0.2, -0.15) is 26.3 Å². The van der Waals surface area contributed by atoms with Crippen LogP contribution in [0.3, 0.4) is 0 Å². The first-order valence-electron chi connectivity index (χ1n) is 4.46. The number of aliphatic hydroxyl groups is 1. The van der Waals surface area contributed by atoms with Crippen molar-refractivity contribution in [1.29, 1.82) is 0 Å². The maximum Gasteiger partial charge on any atom is 0.357 e. The highest BCUT2D eigenvalue weighted by Gasteiger charge is 2.73. The van der Waals surface area contributed by atoms with Gasteiger partial charge in [-0.3, -0.25) is 0 Å². The Kier molecular flexibility index (Phi) is 4.41. The Balaban J connectivity index is 3.19. The van der Waals surface area contributed by atoms with Crippen molar-refractivity contribution in [1.82, 2.24) is 0 Å². The van der Waals surface area contributed by atoms with E-state index in [0.717, 1.165) is 18.5 Å². The topological polar surface area (TPSA) is 38.7 Å². The fourth-order valence-electron chi connectivity index (χ4n) is 1.11. The van der Waals surface area contributed by atoms with Crippen molar-refractivity contribution >= 4 is 27.7 Å². The molecule has 3 nitrogen and oxygen atoms in total. The summed E-state index contributed by atoms with van der Waals surface area (Å²) in [6.07, 6.45) is 0.185. The fourth-order valence-corrected chi connectivity index (χ4v) is 2.35. The van der Waals surface area contributed by atoms with Crippen molar-refractivity contribution in [2.75, 3.05) is 0 Å². The van der Waals surface area contributed by atoms with Gasteiger partial charge in [0.2, 0.25) is 5.76 Å². The first-order valence-corrected chi connectivity index (χ1v) is 6.19. The third-order valence-corrected chi connectivity index (χ3v) is 4.10. The Morgan fingerprint density at radius 2 is 1.53 bits per heavy atom. The predicted octanol–water partition coefficient (Wildman–Crippen LogP) is 2.34. The smallest absolute Gasteiger partial charge is 0.357 e. The third-order valence-electron chi connectivity index (χ3n) is 2.29. The molecule has 1 aliphatic rings. The molecule has 1 aliphatic heterocycles. The molecule has 4 atom stereocenters. The van der Waals surface area contributed by atoms with E-state index in [1.165, 1.54) is 0 Å². The summed E-state index contributed by atoms with van der Waals surface area (Å²) in [4.78, 5) is -3.66. The molecule has 0 saturated carbocycles. The quantitative estimate of drug-likeness (QED) is 0.626. The first kappa shape index (κ1) is 17.2. The summed E-state index contributed by atoms with van der Waals surface area (Å²) < 4.78 is 88.4. The zero-order valence-corrected chi connectivity index (χ0v) is 12.4. The van der Waals surface area contributed by atoms with Gasteiger partial charge >= 0.3 is 24.0 Å². The van der Waals surface area contributed by atoms with E-state index in [2.05, 4.69) is 9.47 Å². The van der Waals surface area contributed by atoms with Gasteiger partial charge in [-0.05, 0) is 0 Å². The zero-order valence-electron chi connectivity index (χ0n) is 8.92. The van der Waals surface area contributed by atoms with Crippen LogP contribution >= 0.6 is 27.7 Å². The van der Waals surface area contributed by atoms with Crippen molar-refractivity contribution in [3.63, 3.8) is 0 Å². The molecule has 0 aromatic heterocycles. The van der Waals surface area contributed by atoms with Crippen LogP contribution in [-0.2, 0) is 9.47 Å². The lowest BCUT2D eigenvalue weighted by molar-refractivity contribution is -0.223. The molecule has 0 amide bonds. The Morgan fingerprint density at radius 3 is 1.84 bits per heavy atom. The van der Waals surface area contributed by atoms with Gasteiger partial charge in [0.05, 0.1) is 0 Å². The zero-order chi connectivity index (χ0) is 15.3. The number of hydrogen-bond acceptors (Lipinski definition) is 3. The van der Waals surface area contributed by atoms with Gasteiger partial charge in [0.15, 0.2) is 0 Å². The monoisotopic (exact) mass is 348 g/mol. The molecule has 0 spiro atoms. The van der Waals surface area contributed by atoms with Crippen LogP contribution in [0.4, 0.5) is 26.3 Å². The summed E-state index contributed by atoms with van der Waals surface area (Å²) in [6.45, 7) is -2.10. The summed E-state index contributed by atoms with van der Waals surface area (Å²) in [5.74, 6) is -11.2. The minimum atomic E-state index is -5.14. The van der Waals surface area contributed by atoms with E-state index in [4.69, 9.17) is 5.11 Å². The number of aliphatic hydroxyl groups excluding tert-OH is 1. The second-order valence-corrected chi connectivity index (χ2v) is 6.90. The molecule has 1 rings (SSSR count). The van der Waals surface area contributed by atoms with E-state index in [1.807, 2.05) is 0 Å². The average molecular weight is 348 g/mol. The summed E-state index contributed by atoms with van der Waals surface area (Å²) in [5.41, 5.74) is -4.79. The van der Waals surface area contributed by atoms with Gasteiger partial charge in [-0.15, -0.1) is 18.5 Å². The Bertz CT molecular complexity index is 394.